The van der Waals surface area contributed by atoms with E-state index in [1.54, 1.807) is 41.3 Å². The molecular weight excluding hydrogens is 530 g/mol. The molecule has 0 saturated carbocycles. The molecule has 11 nitrogen and oxygen atoms in total. The van der Waals surface area contributed by atoms with Crippen LogP contribution in [-0.2, 0) is 28.2 Å². The van der Waals surface area contributed by atoms with Crippen molar-refractivity contribution in [3.63, 3.8) is 0 Å². The van der Waals surface area contributed by atoms with E-state index >= 15 is 0 Å². The van der Waals surface area contributed by atoms with Crippen LogP contribution in [0.4, 0.5) is 22.1 Å². The third-order valence-electron chi connectivity index (χ3n) is 6.71. The Bertz CT molecular complexity index is 1640. The molecule has 0 saturated heterocycles. The monoisotopic (exact) mass is 559 g/mol. The van der Waals surface area contributed by atoms with Gasteiger partial charge >= 0.3 is 6.03 Å². The first kappa shape index (κ1) is 27.0. The van der Waals surface area contributed by atoms with Crippen molar-refractivity contribution in [1.82, 2.24) is 20.6 Å². The van der Waals surface area contributed by atoms with Gasteiger partial charge < -0.3 is 5.32 Å². The number of hydrogen-bond donors (Lipinski definition) is 3. The Morgan fingerprint density at radius 3 is 2.35 bits per heavy atom. The lowest BCUT2D eigenvalue weighted by atomic mass is 9.87. The van der Waals surface area contributed by atoms with Crippen LogP contribution >= 0.6 is 0 Å². The lowest BCUT2D eigenvalue weighted by Gasteiger charge is -2.25. The van der Waals surface area contributed by atoms with Gasteiger partial charge in [-0.3, -0.25) is 15.0 Å². The predicted octanol–water partition coefficient (Wildman–Crippen LogP) is 4.32. The minimum Gasteiger partial charge on any atom is -0.307 e. The van der Waals surface area contributed by atoms with Crippen molar-refractivity contribution in [2.45, 2.75) is 44.0 Å². The predicted molar refractivity (Wildman–Crippen MR) is 151 cm³/mol. The molecule has 206 valence electrons. The van der Waals surface area contributed by atoms with Gasteiger partial charge in [0.15, 0.2) is 9.84 Å². The topological polar surface area (TPSA) is 150 Å². The summed E-state index contributed by atoms with van der Waals surface area (Å²) < 4.78 is 24.8. The minimum absolute atomic E-state index is 0.0561. The van der Waals surface area contributed by atoms with Crippen LogP contribution < -0.4 is 15.5 Å². The number of aryl methyl sites for hydroxylation is 1. The number of nitrogens with one attached hydrogen (secondary N) is 3. The fourth-order valence-electron chi connectivity index (χ4n) is 4.43. The minimum atomic E-state index is -3.34. The molecule has 40 heavy (non-hydrogen) atoms. The normalized spacial score (nSPS) is 13.9. The van der Waals surface area contributed by atoms with E-state index in [4.69, 9.17) is 0 Å². The Kier molecular flexibility index (Phi) is 7.11. The van der Waals surface area contributed by atoms with Crippen LogP contribution in [0.25, 0.3) is 0 Å². The highest BCUT2D eigenvalue weighted by molar-refractivity contribution is 7.91. The molecule has 0 atom stereocenters. The summed E-state index contributed by atoms with van der Waals surface area (Å²) in [4.78, 5) is 27.9. The van der Waals surface area contributed by atoms with E-state index in [-0.39, 0.29) is 28.6 Å². The Morgan fingerprint density at radius 2 is 1.70 bits per heavy atom. The van der Waals surface area contributed by atoms with E-state index in [1.807, 2.05) is 24.3 Å². The molecule has 0 radical (unpaired) electrons. The highest BCUT2D eigenvalue weighted by Gasteiger charge is 2.27. The van der Waals surface area contributed by atoms with Crippen LogP contribution in [0.15, 0.2) is 71.6 Å². The largest absolute Gasteiger partial charge is 0.326 e. The van der Waals surface area contributed by atoms with Crippen LogP contribution in [-0.4, -0.2) is 46.7 Å². The fourth-order valence-corrected chi connectivity index (χ4v) is 6.01. The van der Waals surface area contributed by atoms with Crippen molar-refractivity contribution in [2.75, 3.05) is 21.3 Å². The Balaban J connectivity index is 1.39. The van der Waals surface area contributed by atoms with Gasteiger partial charge in [0.25, 0.3) is 11.9 Å². The second-order valence-electron chi connectivity index (χ2n) is 10.6. The number of rotatable bonds is 6. The second-order valence-corrected chi connectivity index (χ2v) is 12.7. The molecule has 3 N–H and O–H groups in total. The van der Waals surface area contributed by atoms with Gasteiger partial charge in [-0.1, -0.05) is 56.2 Å². The molecule has 1 aromatic heterocycles. The van der Waals surface area contributed by atoms with Gasteiger partial charge in [-0.05, 0) is 70.1 Å². The van der Waals surface area contributed by atoms with Crippen LogP contribution in [0.1, 0.15) is 47.8 Å². The first-order valence-electron chi connectivity index (χ1n) is 12.7. The highest BCUT2D eigenvalue weighted by atomic mass is 32.2. The van der Waals surface area contributed by atoms with Crippen molar-refractivity contribution < 1.29 is 18.0 Å². The smallest absolute Gasteiger partial charge is 0.307 e. The molecular formula is C28H29N7O4S. The number of carbonyl (C=O) groups is 2. The molecule has 3 amide bonds. The Morgan fingerprint density at radius 1 is 0.975 bits per heavy atom. The molecule has 1 aliphatic heterocycles. The van der Waals surface area contributed by atoms with Gasteiger partial charge in [-0.15, -0.1) is 5.10 Å². The maximum atomic E-state index is 13.6. The fraction of sp³-hybridized carbons (Fsp3) is 0.250. The lowest BCUT2D eigenvalue weighted by Crippen LogP contribution is -2.34. The van der Waals surface area contributed by atoms with E-state index in [2.05, 4.69) is 52.0 Å². The summed E-state index contributed by atoms with van der Waals surface area (Å²) in [5.74, 6) is -0.253. The number of nitrogens with zero attached hydrogens (tertiary/aromatic N) is 4. The first-order valence-corrected chi connectivity index (χ1v) is 14.3. The second kappa shape index (κ2) is 10.5. The molecule has 3 aromatic carbocycles. The molecule has 12 heteroatoms. The van der Waals surface area contributed by atoms with Crippen molar-refractivity contribution in [2.24, 2.45) is 0 Å². The molecule has 0 spiro atoms. The zero-order valence-corrected chi connectivity index (χ0v) is 23.1. The third kappa shape index (κ3) is 5.86. The molecule has 0 aliphatic carbocycles. The average Bonchev–Trinajstić information content (AvgIpc) is 3.54. The molecule has 1 aliphatic rings. The van der Waals surface area contributed by atoms with Gasteiger partial charge in [-0.2, -0.15) is 5.21 Å². The van der Waals surface area contributed by atoms with Gasteiger partial charge in [0.1, 0.15) is 0 Å². The quantitative estimate of drug-likeness (QED) is 0.318. The number of benzene rings is 3. The van der Waals surface area contributed by atoms with Gasteiger partial charge in [0, 0.05) is 16.9 Å². The number of aromatic nitrogens is 4. The standard InChI is InChI=1S/C28H29N7O4S/c1-28(2,3)21-9-12-23(13-10-21)35(27(37)29-22-11-8-19-14-15-40(38,39)24(19)16-22)17-18-4-6-20(7-5-18)25(36)30-26-31-33-34-32-26/h4-13,16H,14-15,17H2,1-3H3,(H,29,37)(H2,30,31,32,33,34,36). The van der Waals surface area contributed by atoms with Gasteiger partial charge in [-0.25, -0.2) is 13.2 Å². The molecule has 5 rings (SSSR count). The maximum Gasteiger partial charge on any atom is 0.326 e. The van der Waals surface area contributed by atoms with Crippen LogP contribution in [0.2, 0.25) is 0 Å². The van der Waals surface area contributed by atoms with E-state index in [1.165, 1.54) is 6.07 Å². The molecule has 2 heterocycles. The summed E-state index contributed by atoms with van der Waals surface area (Å²) in [6, 6.07) is 19.1. The Hall–Kier alpha value is -4.58. The van der Waals surface area contributed by atoms with Crippen LogP contribution in [0.3, 0.4) is 0 Å². The summed E-state index contributed by atoms with van der Waals surface area (Å²) in [6.45, 7) is 6.55. The third-order valence-corrected chi connectivity index (χ3v) is 8.50. The number of H-pyrrole nitrogens is 1. The van der Waals surface area contributed by atoms with E-state index in [9.17, 15) is 18.0 Å². The van der Waals surface area contributed by atoms with Crippen LogP contribution in [0.5, 0.6) is 0 Å². The SMILES string of the molecule is CC(C)(C)c1ccc(N(Cc2ccc(C(=O)Nc3nn[nH]n3)cc2)C(=O)Nc2ccc3c(c2)S(=O)(=O)CC3)cc1. The van der Waals surface area contributed by atoms with E-state index in [0.717, 1.165) is 16.7 Å². The summed E-state index contributed by atoms with van der Waals surface area (Å²) in [7, 11) is -3.34. The number of sulfone groups is 1. The van der Waals surface area contributed by atoms with Crippen molar-refractivity contribution in [1.29, 1.82) is 0 Å². The zero-order valence-electron chi connectivity index (χ0n) is 22.3. The van der Waals surface area contributed by atoms with Crippen LogP contribution in [0, 0.1) is 0 Å². The summed E-state index contributed by atoms with van der Waals surface area (Å²) in [6.07, 6.45) is 0.473. The highest BCUT2D eigenvalue weighted by Crippen LogP contribution is 2.30. The van der Waals surface area contributed by atoms with Gasteiger partial charge in [0.05, 0.1) is 17.2 Å². The summed E-state index contributed by atoms with van der Waals surface area (Å²) in [5.41, 5.74) is 4.06. The zero-order chi connectivity index (χ0) is 28.5. The van der Waals surface area contributed by atoms with Crippen molar-refractivity contribution in [3.05, 3.63) is 89.0 Å². The number of hydrogen-bond acceptors (Lipinski definition) is 7. The van der Waals surface area contributed by atoms with E-state index in [0.29, 0.717) is 23.4 Å². The number of fused-ring (bicyclic) bond motifs is 1. The number of anilines is 3. The maximum absolute atomic E-state index is 13.6. The van der Waals surface area contributed by atoms with Gasteiger partial charge in [0.2, 0.25) is 0 Å². The lowest BCUT2D eigenvalue weighted by molar-refractivity contribution is 0.102. The number of urea groups is 1. The first-order chi connectivity index (χ1) is 19.0. The average molecular weight is 560 g/mol. The number of amides is 3. The number of aromatic amines is 1. The molecule has 4 aromatic rings. The van der Waals surface area contributed by atoms with E-state index < -0.39 is 21.8 Å². The van der Waals surface area contributed by atoms with Crippen molar-refractivity contribution in [3.8, 4) is 0 Å². The molecule has 0 bridgehead atoms. The number of tetrazole rings is 1. The Labute approximate surface area is 231 Å². The summed E-state index contributed by atoms with van der Waals surface area (Å²) >= 11 is 0. The van der Waals surface area contributed by atoms with Crippen molar-refractivity contribution >= 4 is 39.1 Å². The molecule has 0 unspecified atom stereocenters. The molecule has 0 fully saturated rings. The number of carbonyl (C=O) groups excluding carboxylic acids is 2. The summed E-state index contributed by atoms with van der Waals surface area (Å²) in [5, 5.41) is 18.5.